The highest BCUT2D eigenvalue weighted by atomic mass is 16.1. The van der Waals surface area contributed by atoms with Crippen LogP contribution in [0.4, 0.5) is 5.95 Å². The fraction of sp³-hybridized carbons (Fsp3) is 0.250. The maximum atomic E-state index is 11.4. The van der Waals surface area contributed by atoms with E-state index in [-0.39, 0.29) is 5.56 Å². The zero-order valence-corrected chi connectivity index (χ0v) is 7.46. The summed E-state index contributed by atoms with van der Waals surface area (Å²) in [5.74, 6) is 0.485. The first-order valence-corrected chi connectivity index (χ1v) is 3.95. The molecule has 0 aliphatic rings. The van der Waals surface area contributed by atoms with Gasteiger partial charge in [0.25, 0.3) is 5.56 Å². The Hall–Kier alpha value is -1.78. The Morgan fingerprint density at radius 1 is 1.62 bits per heavy atom. The predicted molar refractivity (Wildman–Crippen MR) is 50.9 cm³/mol. The molecule has 2 rings (SSSR count). The van der Waals surface area contributed by atoms with E-state index in [1.807, 2.05) is 17.8 Å². The van der Waals surface area contributed by atoms with Gasteiger partial charge in [-0.3, -0.25) is 9.78 Å². The van der Waals surface area contributed by atoms with E-state index in [0.29, 0.717) is 17.0 Å². The van der Waals surface area contributed by atoms with Crippen LogP contribution < -0.4 is 10.9 Å². The molecule has 0 radical (unpaired) electrons. The second kappa shape index (κ2) is 2.62. The molecule has 0 aliphatic heterocycles. The monoisotopic (exact) mass is 178 g/mol. The van der Waals surface area contributed by atoms with Crippen molar-refractivity contribution in [1.29, 1.82) is 0 Å². The summed E-state index contributed by atoms with van der Waals surface area (Å²) < 4.78 is 1.81. The molecule has 0 bridgehead atoms. The standard InChI is InChI=1S/C8H10N4O/c1-9-8-10-6-5(7(13)11-8)3-4-12(6)2/h3-4H,1-2H3,(H2,9,10,11,13). The quantitative estimate of drug-likeness (QED) is 0.660. The molecule has 2 N–H and O–H groups in total. The minimum Gasteiger partial charge on any atom is -0.359 e. The Labute approximate surface area is 74.4 Å². The van der Waals surface area contributed by atoms with Crippen molar-refractivity contribution in [2.24, 2.45) is 7.05 Å². The number of nitrogens with one attached hydrogen (secondary N) is 2. The summed E-state index contributed by atoms with van der Waals surface area (Å²) >= 11 is 0. The number of H-pyrrole nitrogens is 1. The molecule has 0 atom stereocenters. The highest BCUT2D eigenvalue weighted by Crippen LogP contribution is 2.07. The number of hydrogen-bond acceptors (Lipinski definition) is 3. The van der Waals surface area contributed by atoms with E-state index in [9.17, 15) is 4.79 Å². The molecule has 0 saturated heterocycles. The fourth-order valence-electron chi connectivity index (χ4n) is 1.26. The molecule has 0 unspecified atom stereocenters. The lowest BCUT2D eigenvalue weighted by atomic mass is 10.4. The summed E-state index contributed by atoms with van der Waals surface area (Å²) in [6.07, 6.45) is 1.81. The lowest BCUT2D eigenvalue weighted by Crippen LogP contribution is -2.11. The highest BCUT2D eigenvalue weighted by Gasteiger charge is 2.04. The van der Waals surface area contributed by atoms with Crippen LogP contribution in [0.25, 0.3) is 11.0 Å². The first-order valence-electron chi connectivity index (χ1n) is 3.95. The van der Waals surface area contributed by atoms with Gasteiger partial charge in [-0.25, -0.2) is 0 Å². The molecule has 0 fully saturated rings. The van der Waals surface area contributed by atoms with Crippen molar-refractivity contribution in [3.8, 4) is 0 Å². The summed E-state index contributed by atoms with van der Waals surface area (Å²) in [5.41, 5.74) is 0.572. The van der Waals surface area contributed by atoms with Gasteiger partial charge < -0.3 is 9.88 Å². The van der Waals surface area contributed by atoms with Crippen LogP contribution in [0.15, 0.2) is 17.1 Å². The minimum atomic E-state index is -0.116. The van der Waals surface area contributed by atoms with Gasteiger partial charge in [0.05, 0.1) is 5.39 Å². The van der Waals surface area contributed by atoms with Gasteiger partial charge in [0.2, 0.25) is 5.95 Å². The maximum Gasteiger partial charge on any atom is 0.261 e. The molecule has 68 valence electrons. The summed E-state index contributed by atoms with van der Waals surface area (Å²) in [4.78, 5) is 18.3. The average molecular weight is 178 g/mol. The van der Waals surface area contributed by atoms with E-state index in [0.717, 1.165) is 0 Å². The van der Waals surface area contributed by atoms with E-state index in [1.54, 1.807) is 13.1 Å². The SMILES string of the molecule is CNc1nc2c(ccn2C)c(=O)[nH]1. The van der Waals surface area contributed by atoms with Crippen LogP contribution in [0.1, 0.15) is 0 Å². The normalized spacial score (nSPS) is 10.6. The Morgan fingerprint density at radius 2 is 2.38 bits per heavy atom. The molecule has 5 heteroatoms. The molecule has 0 spiro atoms. The second-order valence-electron chi connectivity index (χ2n) is 2.83. The van der Waals surface area contributed by atoms with Crippen LogP contribution >= 0.6 is 0 Å². The van der Waals surface area contributed by atoms with Crippen molar-refractivity contribution in [1.82, 2.24) is 14.5 Å². The highest BCUT2D eigenvalue weighted by molar-refractivity contribution is 5.75. The van der Waals surface area contributed by atoms with E-state index < -0.39 is 0 Å². The van der Waals surface area contributed by atoms with Crippen LogP contribution in [-0.4, -0.2) is 21.6 Å². The largest absolute Gasteiger partial charge is 0.359 e. The van der Waals surface area contributed by atoms with Gasteiger partial charge in [0.1, 0.15) is 5.65 Å². The summed E-state index contributed by atoms with van der Waals surface area (Å²) in [5, 5.41) is 3.41. The van der Waals surface area contributed by atoms with Gasteiger partial charge in [-0.05, 0) is 6.07 Å². The summed E-state index contributed by atoms with van der Waals surface area (Å²) in [6, 6.07) is 1.75. The van der Waals surface area contributed by atoms with Gasteiger partial charge in [0.15, 0.2) is 0 Å². The number of aryl methyl sites for hydroxylation is 1. The number of nitrogens with zero attached hydrogens (tertiary/aromatic N) is 2. The number of aromatic nitrogens is 3. The van der Waals surface area contributed by atoms with Gasteiger partial charge in [-0.2, -0.15) is 4.98 Å². The molecule has 0 aliphatic carbocycles. The molecule has 2 aromatic rings. The number of anilines is 1. The first kappa shape index (κ1) is 7.85. The number of fused-ring (bicyclic) bond motifs is 1. The maximum absolute atomic E-state index is 11.4. The fourth-order valence-corrected chi connectivity index (χ4v) is 1.26. The number of aromatic amines is 1. The average Bonchev–Trinajstić information content (AvgIpc) is 2.48. The zero-order chi connectivity index (χ0) is 9.42. The van der Waals surface area contributed by atoms with Gasteiger partial charge in [-0.1, -0.05) is 0 Å². The Bertz CT molecular complexity index is 496. The molecule has 0 aromatic carbocycles. The topological polar surface area (TPSA) is 62.7 Å². The third-order valence-corrected chi connectivity index (χ3v) is 1.97. The third-order valence-electron chi connectivity index (χ3n) is 1.97. The van der Waals surface area contributed by atoms with E-state index in [4.69, 9.17) is 0 Å². The van der Waals surface area contributed by atoms with Crippen molar-refractivity contribution in [3.05, 3.63) is 22.6 Å². The Balaban J connectivity index is 2.88. The van der Waals surface area contributed by atoms with Gasteiger partial charge in [0, 0.05) is 20.3 Å². The van der Waals surface area contributed by atoms with Crippen LogP contribution in [0.2, 0.25) is 0 Å². The van der Waals surface area contributed by atoms with Crippen molar-refractivity contribution in [2.75, 3.05) is 12.4 Å². The number of rotatable bonds is 1. The summed E-state index contributed by atoms with van der Waals surface area (Å²) in [7, 11) is 3.57. The molecule has 0 saturated carbocycles. The van der Waals surface area contributed by atoms with Gasteiger partial charge in [-0.15, -0.1) is 0 Å². The van der Waals surface area contributed by atoms with E-state index in [1.165, 1.54) is 0 Å². The Kier molecular flexibility index (Phi) is 1.58. The van der Waals surface area contributed by atoms with Crippen molar-refractivity contribution >= 4 is 17.0 Å². The Morgan fingerprint density at radius 3 is 3.08 bits per heavy atom. The molecule has 2 heterocycles. The van der Waals surface area contributed by atoms with Crippen LogP contribution in [0.5, 0.6) is 0 Å². The van der Waals surface area contributed by atoms with Crippen molar-refractivity contribution in [3.63, 3.8) is 0 Å². The van der Waals surface area contributed by atoms with Crippen LogP contribution in [0.3, 0.4) is 0 Å². The summed E-state index contributed by atoms with van der Waals surface area (Å²) in [6.45, 7) is 0. The van der Waals surface area contributed by atoms with Crippen molar-refractivity contribution < 1.29 is 0 Å². The molecular weight excluding hydrogens is 168 g/mol. The second-order valence-corrected chi connectivity index (χ2v) is 2.83. The smallest absolute Gasteiger partial charge is 0.261 e. The molecular formula is C8H10N4O. The molecule has 0 amide bonds. The lowest BCUT2D eigenvalue weighted by molar-refractivity contribution is 0.942. The van der Waals surface area contributed by atoms with Crippen LogP contribution in [-0.2, 0) is 7.05 Å². The number of hydrogen-bond donors (Lipinski definition) is 2. The zero-order valence-electron chi connectivity index (χ0n) is 7.46. The third kappa shape index (κ3) is 1.09. The van der Waals surface area contributed by atoms with E-state index >= 15 is 0 Å². The first-order chi connectivity index (χ1) is 6.22. The lowest BCUT2D eigenvalue weighted by Gasteiger charge is -1.99. The molecule has 2 aromatic heterocycles. The van der Waals surface area contributed by atoms with Crippen LogP contribution in [0, 0.1) is 0 Å². The van der Waals surface area contributed by atoms with Gasteiger partial charge >= 0.3 is 0 Å². The van der Waals surface area contributed by atoms with Crippen molar-refractivity contribution in [2.45, 2.75) is 0 Å². The molecule has 5 nitrogen and oxygen atoms in total. The predicted octanol–water partition coefficient (Wildman–Crippen LogP) is 0.303. The minimum absolute atomic E-state index is 0.116. The van der Waals surface area contributed by atoms with E-state index in [2.05, 4.69) is 15.3 Å². The molecule has 13 heavy (non-hydrogen) atoms.